The Balaban J connectivity index is 1.96. The summed E-state index contributed by atoms with van der Waals surface area (Å²) in [6, 6.07) is 0. The van der Waals surface area contributed by atoms with E-state index >= 15 is 0 Å². The van der Waals surface area contributed by atoms with Crippen molar-refractivity contribution in [2.75, 3.05) is 6.61 Å². The molecule has 1 aliphatic heterocycles. The lowest BCUT2D eigenvalue weighted by atomic mass is 9.83. The number of ether oxygens (including phenoxy) is 1. The summed E-state index contributed by atoms with van der Waals surface area (Å²) in [5.41, 5.74) is -1.08. The fraction of sp³-hybridized carbons (Fsp3) is 1.00. The van der Waals surface area contributed by atoms with E-state index in [0.717, 1.165) is 6.42 Å². The quantitative estimate of drug-likeness (QED) is 0.336. The third-order valence-electron chi connectivity index (χ3n) is 5.87. The molecule has 1 saturated heterocycles. The van der Waals surface area contributed by atoms with E-state index in [1.807, 2.05) is 0 Å². The van der Waals surface area contributed by atoms with Crippen molar-refractivity contribution < 1.29 is 20.1 Å². The minimum absolute atomic E-state index is 0.209. The van der Waals surface area contributed by atoms with Crippen LogP contribution in [0.3, 0.4) is 0 Å². The van der Waals surface area contributed by atoms with E-state index in [0.29, 0.717) is 12.3 Å². The topological polar surface area (TPSA) is 69.9 Å². The lowest BCUT2D eigenvalue weighted by Gasteiger charge is -2.29. The summed E-state index contributed by atoms with van der Waals surface area (Å²) in [6.45, 7) is 4.18. The van der Waals surface area contributed by atoms with Gasteiger partial charge < -0.3 is 20.1 Å². The van der Waals surface area contributed by atoms with Gasteiger partial charge in [0.2, 0.25) is 0 Å². The van der Waals surface area contributed by atoms with Crippen molar-refractivity contribution in [3.8, 4) is 0 Å². The summed E-state index contributed by atoms with van der Waals surface area (Å²) >= 11 is 0. The largest absolute Gasteiger partial charge is 0.394 e. The van der Waals surface area contributed by atoms with Gasteiger partial charge in [-0.25, -0.2) is 0 Å². The summed E-state index contributed by atoms with van der Waals surface area (Å²) in [5, 5.41) is 29.5. The molecule has 156 valence electrons. The number of aliphatic hydroxyl groups is 3. The maximum Gasteiger partial charge on any atom is 0.158 e. The highest BCUT2D eigenvalue weighted by molar-refractivity contribution is 4.94. The lowest BCUT2D eigenvalue weighted by molar-refractivity contribution is -0.123. The molecule has 1 fully saturated rings. The molecular weight excluding hydrogens is 328 g/mol. The lowest BCUT2D eigenvalue weighted by Crippen LogP contribution is -2.41. The molecule has 0 radical (unpaired) electrons. The van der Waals surface area contributed by atoms with Gasteiger partial charge in [-0.15, -0.1) is 0 Å². The summed E-state index contributed by atoms with van der Waals surface area (Å²) in [6.07, 6.45) is 16.5. The van der Waals surface area contributed by atoms with Crippen LogP contribution in [0.15, 0.2) is 0 Å². The molecule has 0 bridgehead atoms. The standard InChI is InChI=1S/C22H44O4/c1-3-4-5-6-7-8-9-10-11-12-13-14-15-19(2)16-22(25)17-21(24)26-20(22)18-23/h19-21,23-25H,3-18H2,1-2H3/t19?,20-,21?,22+/m1/s1. The van der Waals surface area contributed by atoms with Crippen LogP contribution in [0.5, 0.6) is 0 Å². The van der Waals surface area contributed by atoms with Crippen molar-refractivity contribution in [1.82, 2.24) is 0 Å². The molecule has 1 heterocycles. The molecule has 4 nitrogen and oxygen atoms in total. The van der Waals surface area contributed by atoms with Crippen LogP contribution in [-0.4, -0.2) is 39.9 Å². The molecule has 0 aliphatic carbocycles. The highest BCUT2D eigenvalue weighted by Crippen LogP contribution is 2.36. The maximum atomic E-state index is 10.6. The molecular formula is C22H44O4. The Kier molecular flexibility index (Phi) is 12.8. The SMILES string of the molecule is CCCCCCCCCCCCCCC(C)C[C@]1(O)CC(O)O[C@@H]1CO. The van der Waals surface area contributed by atoms with Gasteiger partial charge in [-0.2, -0.15) is 0 Å². The summed E-state index contributed by atoms with van der Waals surface area (Å²) in [5.74, 6) is 0.381. The molecule has 0 aromatic carbocycles. The summed E-state index contributed by atoms with van der Waals surface area (Å²) in [7, 11) is 0. The second-order valence-electron chi connectivity index (χ2n) is 8.56. The van der Waals surface area contributed by atoms with Gasteiger partial charge in [0.25, 0.3) is 0 Å². The third-order valence-corrected chi connectivity index (χ3v) is 5.87. The van der Waals surface area contributed by atoms with Crippen LogP contribution in [0.4, 0.5) is 0 Å². The normalized spacial score (nSPS) is 27.1. The summed E-state index contributed by atoms with van der Waals surface area (Å²) in [4.78, 5) is 0. The Morgan fingerprint density at radius 2 is 1.42 bits per heavy atom. The zero-order chi connectivity index (χ0) is 19.3. The highest BCUT2D eigenvalue weighted by Gasteiger charge is 2.46. The molecule has 0 saturated carbocycles. The van der Waals surface area contributed by atoms with Crippen LogP contribution in [0, 0.1) is 5.92 Å². The van der Waals surface area contributed by atoms with E-state index in [9.17, 15) is 15.3 Å². The molecule has 0 spiro atoms. The number of hydrogen-bond acceptors (Lipinski definition) is 4. The molecule has 0 amide bonds. The average Bonchev–Trinajstić information content (AvgIpc) is 2.89. The second-order valence-corrected chi connectivity index (χ2v) is 8.56. The van der Waals surface area contributed by atoms with Crippen molar-refractivity contribution in [2.45, 2.75) is 128 Å². The van der Waals surface area contributed by atoms with Gasteiger partial charge in [-0.3, -0.25) is 0 Å². The van der Waals surface area contributed by atoms with E-state index in [4.69, 9.17) is 4.74 Å². The molecule has 3 N–H and O–H groups in total. The predicted molar refractivity (Wildman–Crippen MR) is 107 cm³/mol. The summed E-state index contributed by atoms with van der Waals surface area (Å²) < 4.78 is 5.20. The van der Waals surface area contributed by atoms with Crippen LogP contribution in [0.1, 0.15) is 110 Å². The smallest absolute Gasteiger partial charge is 0.158 e. The Hall–Kier alpha value is -0.160. The zero-order valence-corrected chi connectivity index (χ0v) is 17.3. The number of aliphatic hydroxyl groups excluding tert-OH is 2. The molecule has 1 rings (SSSR count). The second kappa shape index (κ2) is 13.9. The first-order valence-electron chi connectivity index (χ1n) is 11.2. The van der Waals surface area contributed by atoms with Gasteiger partial charge in [-0.05, 0) is 12.3 Å². The van der Waals surface area contributed by atoms with E-state index in [1.54, 1.807) is 0 Å². The van der Waals surface area contributed by atoms with Crippen molar-refractivity contribution in [1.29, 1.82) is 0 Å². The van der Waals surface area contributed by atoms with Crippen molar-refractivity contribution >= 4 is 0 Å². The van der Waals surface area contributed by atoms with Crippen LogP contribution >= 0.6 is 0 Å². The molecule has 4 atom stereocenters. The van der Waals surface area contributed by atoms with E-state index in [-0.39, 0.29) is 13.0 Å². The first-order chi connectivity index (χ1) is 12.5. The monoisotopic (exact) mass is 372 g/mol. The maximum absolute atomic E-state index is 10.6. The molecule has 0 aromatic heterocycles. The van der Waals surface area contributed by atoms with Crippen molar-refractivity contribution in [2.24, 2.45) is 5.92 Å². The number of unbranched alkanes of at least 4 members (excludes halogenated alkanes) is 11. The van der Waals surface area contributed by atoms with Gasteiger partial charge >= 0.3 is 0 Å². The average molecular weight is 373 g/mol. The molecule has 26 heavy (non-hydrogen) atoms. The Bertz CT molecular complexity index is 336. The fourth-order valence-corrected chi connectivity index (χ4v) is 4.27. The fourth-order valence-electron chi connectivity index (χ4n) is 4.27. The Labute approximate surface area is 161 Å². The third kappa shape index (κ3) is 9.68. The van der Waals surface area contributed by atoms with Crippen LogP contribution < -0.4 is 0 Å². The number of rotatable bonds is 16. The zero-order valence-electron chi connectivity index (χ0n) is 17.3. The van der Waals surface area contributed by atoms with Crippen LogP contribution in [-0.2, 0) is 4.74 Å². The van der Waals surface area contributed by atoms with Gasteiger partial charge in [0, 0.05) is 6.42 Å². The molecule has 4 heteroatoms. The van der Waals surface area contributed by atoms with Crippen LogP contribution in [0.25, 0.3) is 0 Å². The highest BCUT2D eigenvalue weighted by atomic mass is 16.6. The van der Waals surface area contributed by atoms with Crippen molar-refractivity contribution in [3.05, 3.63) is 0 Å². The van der Waals surface area contributed by atoms with E-state index in [2.05, 4.69) is 13.8 Å². The molecule has 2 unspecified atom stereocenters. The van der Waals surface area contributed by atoms with Crippen molar-refractivity contribution in [3.63, 3.8) is 0 Å². The van der Waals surface area contributed by atoms with Gasteiger partial charge in [0.15, 0.2) is 6.29 Å². The van der Waals surface area contributed by atoms with E-state index < -0.39 is 18.0 Å². The van der Waals surface area contributed by atoms with Gasteiger partial charge in [0.05, 0.1) is 12.2 Å². The van der Waals surface area contributed by atoms with Gasteiger partial charge in [-0.1, -0.05) is 97.3 Å². The molecule has 1 aliphatic rings. The number of hydrogen-bond donors (Lipinski definition) is 3. The minimum atomic E-state index is -1.08. The Morgan fingerprint density at radius 1 is 0.923 bits per heavy atom. The molecule has 0 aromatic rings. The van der Waals surface area contributed by atoms with Crippen LogP contribution in [0.2, 0.25) is 0 Å². The first kappa shape index (κ1) is 23.9. The first-order valence-corrected chi connectivity index (χ1v) is 11.2. The predicted octanol–water partition coefficient (Wildman–Crippen LogP) is 4.93. The van der Waals surface area contributed by atoms with Gasteiger partial charge in [0.1, 0.15) is 6.10 Å². The van der Waals surface area contributed by atoms with E-state index in [1.165, 1.54) is 77.0 Å². The Morgan fingerprint density at radius 3 is 1.92 bits per heavy atom. The minimum Gasteiger partial charge on any atom is -0.394 e.